The van der Waals surface area contributed by atoms with Crippen molar-refractivity contribution in [3.63, 3.8) is 0 Å². The first-order chi connectivity index (χ1) is 8.09. The number of hydrogen-bond donors (Lipinski definition) is 1. The molecule has 0 aromatic carbocycles. The Labute approximate surface area is 106 Å². The molecule has 2 heterocycles. The predicted molar refractivity (Wildman–Crippen MR) is 69.7 cm³/mol. The number of hydrogen-bond acceptors (Lipinski definition) is 3. The van der Waals surface area contributed by atoms with Gasteiger partial charge in [-0.1, -0.05) is 0 Å². The number of carbonyl (C=O) groups is 1. The maximum absolute atomic E-state index is 12.1. The van der Waals surface area contributed by atoms with Gasteiger partial charge in [0.15, 0.2) is 0 Å². The summed E-state index contributed by atoms with van der Waals surface area (Å²) < 4.78 is 5.57. The zero-order valence-corrected chi connectivity index (χ0v) is 11.4. The molecule has 0 bridgehead atoms. The molecule has 0 radical (unpaired) electrons. The first kappa shape index (κ1) is 12.6. The van der Waals surface area contributed by atoms with E-state index in [9.17, 15) is 4.79 Å². The molecule has 0 spiro atoms. The van der Waals surface area contributed by atoms with E-state index in [0.717, 1.165) is 30.6 Å². The largest absolute Gasteiger partial charge is 0.376 e. The van der Waals surface area contributed by atoms with E-state index >= 15 is 0 Å². The standard InChI is InChI=1S/C13H19NO2S/c1-8-10(3)17-7-11(8)13(15)14-9(2)12-5-4-6-16-12/h7,9,12H,4-6H2,1-3H3,(H,14,15)/t9-,12-/m1/s1. The number of carbonyl (C=O) groups excluding carboxylic acids is 1. The molecule has 1 aliphatic rings. The highest BCUT2D eigenvalue weighted by Crippen LogP contribution is 2.21. The molecule has 1 amide bonds. The SMILES string of the molecule is Cc1scc(C(=O)N[C@H](C)[C@H]2CCCO2)c1C. The molecule has 0 unspecified atom stereocenters. The van der Waals surface area contributed by atoms with Crippen LogP contribution in [0.1, 0.15) is 40.6 Å². The molecule has 1 N–H and O–H groups in total. The predicted octanol–water partition coefficient (Wildman–Crippen LogP) is 2.66. The summed E-state index contributed by atoms with van der Waals surface area (Å²) >= 11 is 1.63. The smallest absolute Gasteiger partial charge is 0.252 e. The lowest BCUT2D eigenvalue weighted by Crippen LogP contribution is -2.40. The molecular weight excluding hydrogens is 234 g/mol. The van der Waals surface area contributed by atoms with Gasteiger partial charge in [0.25, 0.3) is 5.91 Å². The van der Waals surface area contributed by atoms with Gasteiger partial charge in [-0.3, -0.25) is 4.79 Å². The molecule has 1 saturated heterocycles. The van der Waals surface area contributed by atoms with Crippen LogP contribution < -0.4 is 5.32 Å². The van der Waals surface area contributed by atoms with Crippen LogP contribution in [0, 0.1) is 13.8 Å². The lowest BCUT2D eigenvalue weighted by Gasteiger charge is -2.19. The number of thiophene rings is 1. The second-order valence-corrected chi connectivity index (χ2v) is 5.73. The van der Waals surface area contributed by atoms with Gasteiger partial charge in [0, 0.05) is 16.9 Å². The summed E-state index contributed by atoms with van der Waals surface area (Å²) in [5.41, 5.74) is 1.89. The monoisotopic (exact) mass is 253 g/mol. The van der Waals surface area contributed by atoms with Crippen molar-refractivity contribution in [2.45, 2.75) is 45.8 Å². The van der Waals surface area contributed by atoms with Gasteiger partial charge in [-0.2, -0.15) is 0 Å². The van der Waals surface area contributed by atoms with Gasteiger partial charge in [-0.05, 0) is 39.2 Å². The van der Waals surface area contributed by atoms with Gasteiger partial charge >= 0.3 is 0 Å². The van der Waals surface area contributed by atoms with E-state index in [2.05, 4.69) is 5.32 Å². The minimum Gasteiger partial charge on any atom is -0.376 e. The minimum atomic E-state index is 0.0230. The first-order valence-electron chi connectivity index (χ1n) is 6.06. The Balaban J connectivity index is 1.99. The molecule has 1 aliphatic heterocycles. The summed E-state index contributed by atoms with van der Waals surface area (Å²) in [5.74, 6) is 0.0230. The number of rotatable bonds is 3. The minimum absolute atomic E-state index is 0.0230. The third kappa shape index (κ3) is 2.69. The van der Waals surface area contributed by atoms with Crippen LogP contribution in [0.3, 0.4) is 0 Å². The van der Waals surface area contributed by atoms with Crippen molar-refractivity contribution >= 4 is 17.2 Å². The highest BCUT2D eigenvalue weighted by Gasteiger charge is 2.24. The van der Waals surface area contributed by atoms with Crippen LogP contribution in [-0.2, 0) is 4.74 Å². The fourth-order valence-electron chi connectivity index (χ4n) is 2.11. The zero-order chi connectivity index (χ0) is 12.4. The second-order valence-electron chi connectivity index (χ2n) is 4.64. The molecule has 94 valence electrons. The normalized spacial score (nSPS) is 21.5. The fourth-order valence-corrected chi connectivity index (χ4v) is 2.98. The molecule has 2 rings (SSSR count). The van der Waals surface area contributed by atoms with E-state index in [4.69, 9.17) is 4.74 Å². The molecule has 3 nitrogen and oxygen atoms in total. The van der Waals surface area contributed by atoms with Crippen LogP contribution in [-0.4, -0.2) is 24.7 Å². The number of aryl methyl sites for hydroxylation is 1. The molecule has 1 aromatic rings. The van der Waals surface area contributed by atoms with Crippen molar-refractivity contribution in [1.82, 2.24) is 5.32 Å². The van der Waals surface area contributed by atoms with Crippen molar-refractivity contribution in [3.8, 4) is 0 Å². The van der Waals surface area contributed by atoms with Crippen molar-refractivity contribution < 1.29 is 9.53 Å². The van der Waals surface area contributed by atoms with Gasteiger partial charge in [-0.25, -0.2) is 0 Å². The Morgan fingerprint density at radius 1 is 1.59 bits per heavy atom. The summed E-state index contributed by atoms with van der Waals surface area (Å²) in [5, 5.41) is 4.97. The Morgan fingerprint density at radius 3 is 2.88 bits per heavy atom. The van der Waals surface area contributed by atoms with E-state index in [1.54, 1.807) is 11.3 Å². The molecule has 1 aromatic heterocycles. The zero-order valence-electron chi connectivity index (χ0n) is 10.6. The summed E-state index contributed by atoms with van der Waals surface area (Å²) in [7, 11) is 0. The van der Waals surface area contributed by atoms with Gasteiger partial charge in [0.05, 0.1) is 17.7 Å². The highest BCUT2D eigenvalue weighted by molar-refractivity contribution is 7.10. The van der Waals surface area contributed by atoms with Gasteiger partial charge in [0.2, 0.25) is 0 Å². The molecule has 4 heteroatoms. The van der Waals surface area contributed by atoms with Gasteiger partial charge in [-0.15, -0.1) is 11.3 Å². The third-order valence-corrected chi connectivity index (χ3v) is 4.42. The average Bonchev–Trinajstić information content (AvgIpc) is 2.90. The summed E-state index contributed by atoms with van der Waals surface area (Å²) in [6.45, 7) is 6.88. The highest BCUT2D eigenvalue weighted by atomic mass is 32.1. The first-order valence-corrected chi connectivity index (χ1v) is 6.94. The number of nitrogens with one attached hydrogen (secondary N) is 1. The van der Waals surface area contributed by atoms with Crippen molar-refractivity contribution in [1.29, 1.82) is 0 Å². The molecule has 0 saturated carbocycles. The van der Waals surface area contributed by atoms with Crippen molar-refractivity contribution in [3.05, 3.63) is 21.4 Å². The second kappa shape index (κ2) is 5.19. The summed E-state index contributed by atoms with van der Waals surface area (Å²) in [6.07, 6.45) is 2.32. The summed E-state index contributed by atoms with van der Waals surface area (Å²) in [4.78, 5) is 13.3. The van der Waals surface area contributed by atoms with Gasteiger partial charge in [0.1, 0.15) is 0 Å². The van der Waals surface area contributed by atoms with Crippen LogP contribution in [0.2, 0.25) is 0 Å². The Bertz CT molecular complexity index is 408. The van der Waals surface area contributed by atoms with Crippen LogP contribution in [0.25, 0.3) is 0 Å². The quantitative estimate of drug-likeness (QED) is 0.899. The Kier molecular flexibility index (Phi) is 3.84. The van der Waals surface area contributed by atoms with Crippen LogP contribution in [0.5, 0.6) is 0 Å². The van der Waals surface area contributed by atoms with E-state index in [1.165, 1.54) is 4.88 Å². The third-order valence-electron chi connectivity index (χ3n) is 3.41. The maximum atomic E-state index is 12.1. The van der Waals surface area contributed by atoms with E-state index < -0.39 is 0 Å². The topological polar surface area (TPSA) is 38.3 Å². The van der Waals surface area contributed by atoms with Crippen LogP contribution in [0.15, 0.2) is 5.38 Å². The lowest BCUT2D eigenvalue weighted by molar-refractivity contribution is 0.0712. The van der Waals surface area contributed by atoms with Crippen molar-refractivity contribution in [2.75, 3.05) is 6.61 Å². The molecule has 2 atom stereocenters. The van der Waals surface area contributed by atoms with Crippen molar-refractivity contribution in [2.24, 2.45) is 0 Å². The van der Waals surface area contributed by atoms with E-state index in [-0.39, 0.29) is 18.1 Å². The van der Waals surface area contributed by atoms with Crippen LogP contribution >= 0.6 is 11.3 Å². The molecule has 0 aliphatic carbocycles. The summed E-state index contributed by atoms with van der Waals surface area (Å²) in [6, 6.07) is 0.0876. The fraction of sp³-hybridized carbons (Fsp3) is 0.615. The molecule has 1 fully saturated rings. The lowest BCUT2D eigenvalue weighted by atomic mass is 10.1. The maximum Gasteiger partial charge on any atom is 0.252 e. The Morgan fingerprint density at radius 2 is 2.35 bits per heavy atom. The number of ether oxygens (including phenoxy) is 1. The average molecular weight is 253 g/mol. The van der Waals surface area contributed by atoms with E-state index in [0.29, 0.717) is 0 Å². The van der Waals surface area contributed by atoms with Crippen LogP contribution in [0.4, 0.5) is 0 Å². The Hall–Kier alpha value is -0.870. The molecular formula is C13H19NO2S. The van der Waals surface area contributed by atoms with E-state index in [1.807, 2.05) is 26.2 Å². The molecule has 17 heavy (non-hydrogen) atoms. The van der Waals surface area contributed by atoms with Gasteiger partial charge < -0.3 is 10.1 Å². The number of amides is 1.